The molecule has 3 aliphatic heterocycles. The maximum Gasteiger partial charge on any atom is 0.340 e. The zero-order chi connectivity index (χ0) is 55.6. The lowest BCUT2D eigenvalue weighted by Gasteiger charge is -2.62. The molecule has 14 rings (SSSR count). The SMILES string of the molecule is COCC(CCO)c1c(CO)c2ccc3c(c2oc1=O)C1OC(=O)CC2CC(c4cccc(C56CCCCC5C=Cc5ccccc56)c4)CCC2c2ccc(cc2)CCC(=C(C)CO)C(=O)OC1C1(O3)C2C=CC3CCCC(CC2)C31. The molecule has 0 radical (unpaired) electrons. The van der Waals surface area contributed by atoms with Crippen LogP contribution in [-0.4, -0.2) is 65.9 Å². The number of methoxy groups -OCH3 is 1. The van der Waals surface area contributed by atoms with Crippen molar-refractivity contribution in [2.45, 2.75) is 157 Å². The van der Waals surface area contributed by atoms with Crippen molar-refractivity contribution in [3.63, 3.8) is 0 Å². The van der Waals surface area contributed by atoms with Gasteiger partial charge in [0, 0.05) is 59.8 Å². The summed E-state index contributed by atoms with van der Waals surface area (Å²) in [5.41, 5.74) is 7.36. The van der Waals surface area contributed by atoms with E-state index in [1.165, 1.54) is 47.8 Å². The Morgan fingerprint density at radius 1 is 0.790 bits per heavy atom. The standard InChI is InChI=1S/C70H78O11/c1-41(38-72)54-28-18-42-16-19-43(20-17-42)55-29-24-48(47-12-8-14-53(36-47)69-33-6-5-13-51(69)25-21-44-9-3-4-15-58(44)69)35-50(55)37-60(74)78-65-62-59(31-30-56-57(39-73)61(68(76)79-64(56)62)49(32-34-71)40-77-2)81-70(66(65)80-67(54)75)52-26-22-45-10-7-11-46(23-27-52)63(45)70/h3-4,8-9,12,14-17,19-22,25-26,30-31,36,45-46,48-52,55,63,65-66,71-73H,5-7,10-11,13,18,23-24,27-29,32-35,37-40H2,1-2H3. The van der Waals surface area contributed by atoms with E-state index in [1.54, 1.807) is 13.0 Å². The molecule has 4 heterocycles. The van der Waals surface area contributed by atoms with Crippen molar-refractivity contribution in [2.75, 3.05) is 26.9 Å². The normalized spacial score (nSPS) is 32.3. The number of allylic oxidation sites excluding steroid dienone is 2. The highest BCUT2D eigenvalue weighted by Gasteiger charge is 2.68. The van der Waals surface area contributed by atoms with E-state index in [0.29, 0.717) is 46.6 Å². The van der Waals surface area contributed by atoms with Crippen LogP contribution < -0.4 is 10.4 Å². The number of aliphatic hydroxyl groups excluding tert-OH is 3. The highest BCUT2D eigenvalue weighted by molar-refractivity contribution is 5.90. The number of carbonyl (C=O) groups is 2. The fourth-order valence-electron chi connectivity index (χ4n) is 17.6. The molecular weight excluding hydrogens is 1020 g/mol. The molecule has 0 amide bonds. The summed E-state index contributed by atoms with van der Waals surface area (Å²) in [6, 6.07) is 30.7. The first kappa shape index (κ1) is 54.2. The molecule has 0 saturated heterocycles. The minimum Gasteiger partial charge on any atom is -0.482 e. The van der Waals surface area contributed by atoms with Gasteiger partial charge in [0.15, 0.2) is 17.8 Å². The molecule has 13 unspecified atom stereocenters. The van der Waals surface area contributed by atoms with Crippen molar-refractivity contribution in [1.82, 2.24) is 0 Å². The number of benzene rings is 4. The Bertz CT molecular complexity index is 3360. The van der Waals surface area contributed by atoms with Crippen molar-refractivity contribution < 1.29 is 48.3 Å². The Morgan fingerprint density at radius 3 is 2.48 bits per heavy atom. The molecule has 4 fully saturated rings. The van der Waals surface area contributed by atoms with Gasteiger partial charge in [0.05, 0.1) is 25.4 Å². The second-order valence-corrected chi connectivity index (χ2v) is 25.2. The Labute approximate surface area is 475 Å². The van der Waals surface area contributed by atoms with Crippen LogP contribution in [0.1, 0.15) is 177 Å². The van der Waals surface area contributed by atoms with Gasteiger partial charge in [0.2, 0.25) is 0 Å². The molecular formula is C70H78O11. The zero-order valence-corrected chi connectivity index (χ0v) is 47.0. The molecule has 9 aliphatic rings. The number of rotatable bonds is 9. The molecule has 4 aromatic carbocycles. The van der Waals surface area contributed by atoms with Crippen LogP contribution in [-0.2, 0) is 42.2 Å². The molecule has 13 atom stereocenters. The number of hydrogen-bond acceptors (Lipinski definition) is 11. The van der Waals surface area contributed by atoms with Crippen LogP contribution in [0.25, 0.3) is 17.0 Å². The van der Waals surface area contributed by atoms with Crippen molar-refractivity contribution >= 4 is 29.0 Å². The summed E-state index contributed by atoms with van der Waals surface area (Å²) in [6.07, 6.45) is 20.0. The van der Waals surface area contributed by atoms with Gasteiger partial charge in [0.1, 0.15) is 11.3 Å². The number of esters is 2. The summed E-state index contributed by atoms with van der Waals surface area (Å²) in [6.45, 7) is 0.767. The third-order valence-electron chi connectivity index (χ3n) is 21.3. The lowest BCUT2D eigenvalue weighted by atomic mass is 9.50. The summed E-state index contributed by atoms with van der Waals surface area (Å²) in [7, 11) is 1.52. The van der Waals surface area contributed by atoms with E-state index in [4.69, 9.17) is 23.4 Å². The van der Waals surface area contributed by atoms with Crippen LogP contribution in [0.2, 0.25) is 0 Å². The predicted molar refractivity (Wildman–Crippen MR) is 310 cm³/mol. The molecule has 1 aromatic heterocycles. The first-order chi connectivity index (χ1) is 39.6. The predicted octanol–water partition coefficient (Wildman–Crippen LogP) is 12.6. The smallest absolute Gasteiger partial charge is 0.340 e. The van der Waals surface area contributed by atoms with Gasteiger partial charge in [-0.25, -0.2) is 9.59 Å². The van der Waals surface area contributed by atoms with Crippen molar-refractivity contribution in [3.05, 3.63) is 175 Å². The molecule has 4 saturated carbocycles. The fraction of sp³-hybridized carbons (Fsp3) is 0.500. The van der Waals surface area contributed by atoms with Crippen molar-refractivity contribution in [1.29, 1.82) is 0 Å². The van der Waals surface area contributed by atoms with Crippen LogP contribution in [0, 0.1) is 35.5 Å². The molecule has 3 N–H and O–H groups in total. The summed E-state index contributed by atoms with van der Waals surface area (Å²) >= 11 is 0. The summed E-state index contributed by atoms with van der Waals surface area (Å²) in [4.78, 5) is 45.9. The monoisotopic (exact) mass is 1090 g/mol. The van der Waals surface area contributed by atoms with Crippen LogP contribution in [0.15, 0.2) is 124 Å². The zero-order valence-electron chi connectivity index (χ0n) is 47.0. The number of carbonyl (C=O) groups excluding carboxylic acids is 2. The number of aliphatic hydroxyl groups is 3. The molecule has 4 bridgehead atoms. The largest absolute Gasteiger partial charge is 0.482 e. The maximum absolute atomic E-state index is 15.8. The fourth-order valence-corrected chi connectivity index (χ4v) is 17.6. The number of aryl methyl sites for hydroxylation is 1. The summed E-state index contributed by atoms with van der Waals surface area (Å²) in [5, 5.41) is 32.6. The van der Waals surface area contributed by atoms with Crippen molar-refractivity contribution in [2.24, 2.45) is 35.5 Å². The Hall–Kier alpha value is -6.11. The van der Waals surface area contributed by atoms with Crippen LogP contribution in [0.3, 0.4) is 0 Å². The van der Waals surface area contributed by atoms with E-state index in [-0.39, 0.29) is 96.2 Å². The molecule has 1 spiro atoms. The van der Waals surface area contributed by atoms with Gasteiger partial charge in [-0.05, 0) is 176 Å². The molecule has 81 heavy (non-hydrogen) atoms. The minimum absolute atomic E-state index is 0.0511. The molecule has 11 nitrogen and oxygen atoms in total. The first-order valence-corrected chi connectivity index (χ1v) is 30.5. The Morgan fingerprint density at radius 2 is 1.65 bits per heavy atom. The van der Waals surface area contributed by atoms with E-state index in [2.05, 4.69) is 97.1 Å². The molecule has 424 valence electrons. The van der Waals surface area contributed by atoms with Gasteiger partial charge in [0.25, 0.3) is 0 Å². The molecule has 6 aliphatic carbocycles. The average molecular weight is 1100 g/mol. The highest BCUT2D eigenvalue weighted by atomic mass is 16.6. The van der Waals surface area contributed by atoms with E-state index in [9.17, 15) is 20.1 Å². The first-order valence-electron chi connectivity index (χ1n) is 30.5. The van der Waals surface area contributed by atoms with Gasteiger partial charge in [-0.3, -0.25) is 4.79 Å². The minimum atomic E-state index is -1.30. The van der Waals surface area contributed by atoms with E-state index in [0.717, 1.165) is 69.8 Å². The maximum atomic E-state index is 15.8. The van der Waals surface area contributed by atoms with Gasteiger partial charge in [-0.2, -0.15) is 0 Å². The van der Waals surface area contributed by atoms with E-state index in [1.807, 2.05) is 6.07 Å². The molecule has 11 heteroatoms. The quantitative estimate of drug-likeness (QED) is 0.0557. The summed E-state index contributed by atoms with van der Waals surface area (Å²) in [5.74, 6) is -0.694. The number of hydrogen-bond donors (Lipinski definition) is 3. The molecule has 5 aromatic rings. The van der Waals surface area contributed by atoms with Crippen LogP contribution in [0.5, 0.6) is 5.75 Å². The highest BCUT2D eigenvalue weighted by Crippen LogP contribution is 2.63. The number of fused-ring (bicyclic) bond motifs is 14. The van der Waals surface area contributed by atoms with Gasteiger partial charge in [-0.15, -0.1) is 0 Å². The van der Waals surface area contributed by atoms with E-state index >= 15 is 9.59 Å². The van der Waals surface area contributed by atoms with Gasteiger partial charge < -0.3 is 38.7 Å². The third kappa shape index (κ3) is 9.19. The topological polar surface area (TPSA) is 162 Å². The second-order valence-electron chi connectivity index (χ2n) is 25.2. The lowest BCUT2D eigenvalue weighted by molar-refractivity contribution is -0.235. The Balaban J connectivity index is 0.953. The average Bonchev–Trinajstić information content (AvgIpc) is 3.61. The van der Waals surface area contributed by atoms with Gasteiger partial charge in [-0.1, -0.05) is 116 Å². The van der Waals surface area contributed by atoms with Crippen LogP contribution in [0.4, 0.5) is 0 Å². The second kappa shape index (κ2) is 22.2. The van der Waals surface area contributed by atoms with Gasteiger partial charge >= 0.3 is 17.6 Å². The lowest BCUT2D eigenvalue weighted by Crippen LogP contribution is -2.69. The summed E-state index contributed by atoms with van der Waals surface area (Å²) < 4.78 is 33.9. The van der Waals surface area contributed by atoms with E-state index < -0.39 is 47.9 Å². The van der Waals surface area contributed by atoms with Crippen molar-refractivity contribution in [3.8, 4) is 5.75 Å². The third-order valence-corrected chi connectivity index (χ3v) is 21.3. The number of ether oxygens (including phenoxy) is 4. The van der Waals surface area contributed by atoms with Crippen LogP contribution >= 0.6 is 0 Å². The Kier molecular flexibility index (Phi) is 14.9.